The van der Waals surface area contributed by atoms with E-state index in [-0.39, 0.29) is 17.2 Å². The van der Waals surface area contributed by atoms with Gasteiger partial charge in [0, 0.05) is 11.6 Å². The molecular weight excluding hydrogens is 240 g/mol. The zero-order valence-corrected chi connectivity index (χ0v) is 11.7. The van der Waals surface area contributed by atoms with E-state index in [1.54, 1.807) is 19.1 Å². The number of hydrogen-bond donors (Lipinski definition) is 3. The Bertz CT molecular complexity index is 574. The van der Waals surface area contributed by atoms with Crippen LogP contribution in [0, 0.1) is 13.8 Å². The van der Waals surface area contributed by atoms with Crippen LogP contribution in [-0.4, -0.2) is 15.3 Å². The molecule has 0 aliphatic heterocycles. The van der Waals surface area contributed by atoms with Gasteiger partial charge in [-0.05, 0) is 54.8 Å². The Morgan fingerprint density at radius 1 is 0.684 bits per heavy atom. The van der Waals surface area contributed by atoms with Crippen molar-refractivity contribution in [1.29, 1.82) is 0 Å². The van der Waals surface area contributed by atoms with Crippen molar-refractivity contribution in [3.05, 3.63) is 41.5 Å². The fourth-order valence-electron chi connectivity index (χ4n) is 1.84. The SMILES string of the molecule is CC.Cc1cc(-c2ccc(O)cc2O)c(C)cc1O. The Kier molecular flexibility index (Phi) is 4.81. The fraction of sp³-hybridized carbons (Fsp3) is 0.250. The Balaban J connectivity index is 0.000000861. The van der Waals surface area contributed by atoms with Gasteiger partial charge in [-0.3, -0.25) is 0 Å². The van der Waals surface area contributed by atoms with E-state index >= 15 is 0 Å². The minimum absolute atomic E-state index is 0.0261. The van der Waals surface area contributed by atoms with Gasteiger partial charge in [0.15, 0.2) is 0 Å². The van der Waals surface area contributed by atoms with Crippen LogP contribution in [0.2, 0.25) is 0 Å². The number of hydrogen-bond acceptors (Lipinski definition) is 3. The molecule has 0 saturated carbocycles. The third-order valence-electron chi connectivity index (χ3n) is 2.81. The molecule has 3 nitrogen and oxygen atoms in total. The molecule has 0 radical (unpaired) electrons. The minimum atomic E-state index is 0.0261. The van der Waals surface area contributed by atoms with Crippen molar-refractivity contribution in [2.24, 2.45) is 0 Å². The lowest BCUT2D eigenvalue weighted by atomic mass is 9.97. The lowest BCUT2D eigenvalue weighted by molar-refractivity contribution is 0.451. The van der Waals surface area contributed by atoms with Crippen LogP contribution in [0.15, 0.2) is 30.3 Å². The second-order valence-electron chi connectivity index (χ2n) is 4.16. The minimum Gasteiger partial charge on any atom is -0.508 e. The van der Waals surface area contributed by atoms with E-state index in [1.807, 2.05) is 26.8 Å². The van der Waals surface area contributed by atoms with E-state index in [0.29, 0.717) is 5.56 Å². The molecule has 0 amide bonds. The molecule has 0 aliphatic rings. The topological polar surface area (TPSA) is 60.7 Å². The summed E-state index contributed by atoms with van der Waals surface area (Å²) in [6.45, 7) is 7.66. The number of aryl methyl sites for hydroxylation is 2. The van der Waals surface area contributed by atoms with Crippen LogP contribution in [-0.2, 0) is 0 Å². The highest BCUT2D eigenvalue weighted by atomic mass is 16.3. The Labute approximate surface area is 113 Å². The van der Waals surface area contributed by atoms with Gasteiger partial charge >= 0.3 is 0 Å². The summed E-state index contributed by atoms with van der Waals surface area (Å²) in [5.41, 5.74) is 3.10. The van der Waals surface area contributed by atoms with Crippen LogP contribution >= 0.6 is 0 Å². The number of aromatic hydroxyl groups is 3. The number of phenolic OH excluding ortho intramolecular Hbond substituents is 3. The Hall–Kier alpha value is -2.16. The average Bonchev–Trinajstić information content (AvgIpc) is 2.37. The van der Waals surface area contributed by atoms with Crippen molar-refractivity contribution >= 4 is 0 Å². The van der Waals surface area contributed by atoms with Gasteiger partial charge in [-0.25, -0.2) is 0 Å². The van der Waals surface area contributed by atoms with Gasteiger partial charge in [-0.1, -0.05) is 13.8 Å². The summed E-state index contributed by atoms with van der Waals surface area (Å²) in [4.78, 5) is 0. The van der Waals surface area contributed by atoms with Crippen molar-refractivity contribution in [3.63, 3.8) is 0 Å². The van der Waals surface area contributed by atoms with Crippen molar-refractivity contribution in [2.75, 3.05) is 0 Å². The lowest BCUT2D eigenvalue weighted by Crippen LogP contribution is -1.86. The maximum atomic E-state index is 9.81. The number of phenols is 3. The van der Waals surface area contributed by atoms with E-state index in [4.69, 9.17) is 0 Å². The molecule has 0 unspecified atom stereocenters. The van der Waals surface area contributed by atoms with Gasteiger partial charge in [0.1, 0.15) is 17.2 Å². The largest absolute Gasteiger partial charge is 0.508 e. The highest BCUT2D eigenvalue weighted by molar-refractivity contribution is 5.75. The summed E-state index contributed by atoms with van der Waals surface area (Å²) in [7, 11) is 0. The van der Waals surface area contributed by atoms with Crippen LogP contribution < -0.4 is 0 Å². The van der Waals surface area contributed by atoms with Crippen molar-refractivity contribution in [1.82, 2.24) is 0 Å². The van der Waals surface area contributed by atoms with E-state index < -0.39 is 0 Å². The van der Waals surface area contributed by atoms with Gasteiger partial charge < -0.3 is 15.3 Å². The molecule has 0 bridgehead atoms. The van der Waals surface area contributed by atoms with E-state index in [0.717, 1.165) is 16.7 Å². The molecule has 0 aromatic heterocycles. The highest BCUT2D eigenvalue weighted by Crippen LogP contribution is 2.36. The van der Waals surface area contributed by atoms with Crippen LogP contribution in [0.25, 0.3) is 11.1 Å². The van der Waals surface area contributed by atoms with Gasteiger partial charge in [-0.2, -0.15) is 0 Å². The molecule has 0 spiro atoms. The van der Waals surface area contributed by atoms with E-state index in [2.05, 4.69) is 0 Å². The average molecular weight is 260 g/mol. The molecule has 2 rings (SSSR count). The molecule has 0 atom stereocenters. The van der Waals surface area contributed by atoms with E-state index in [1.165, 1.54) is 12.1 Å². The van der Waals surface area contributed by atoms with Gasteiger partial charge in [0.05, 0.1) is 0 Å². The Morgan fingerprint density at radius 3 is 1.89 bits per heavy atom. The van der Waals surface area contributed by atoms with Gasteiger partial charge in [0.2, 0.25) is 0 Å². The smallest absolute Gasteiger partial charge is 0.127 e. The maximum absolute atomic E-state index is 9.81. The third-order valence-corrected chi connectivity index (χ3v) is 2.81. The summed E-state index contributed by atoms with van der Waals surface area (Å²) >= 11 is 0. The fourth-order valence-corrected chi connectivity index (χ4v) is 1.84. The maximum Gasteiger partial charge on any atom is 0.127 e. The first-order chi connectivity index (χ1) is 8.99. The van der Waals surface area contributed by atoms with Crippen molar-refractivity contribution < 1.29 is 15.3 Å². The zero-order valence-electron chi connectivity index (χ0n) is 11.7. The number of rotatable bonds is 1. The van der Waals surface area contributed by atoms with Crippen molar-refractivity contribution in [2.45, 2.75) is 27.7 Å². The summed E-state index contributed by atoms with van der Waals surface area (Å²) in [6.07, 6.45) is 0. The van der Waals surface area contributed by atoms with E-state index in [9.17, 15) is 15.3 Å². The highest BCUT2D eigenvalue weighted by Gasteiger charge is 2.10. The molecule has 19 heavy (non-hydrogen) atoms. The second-order valence-corrected chi connectivity index (χ2v) is 4.16. The van der Waals surface area contributed by atoms with Crippen LogP contribution in [0.1, 0.15) is 25.0 Å². The number of benzene rings is 2. The van der Waals surface area contributed by atoms with Gasteiger partial charge in [-0.15, -0.1) is 0 Å². The first kappa shape index (κ1) is 14.9. The molecule has 2 aromatic carbocycles. The third kappa shape index (κ3) is 3.19. The summed E-state index contributed by atoms with van der Waals surface area (Å²) in [5, 5.41) is 28.6. The molecule has 102 valence electrons. The second kappa shape index (κ2) is 6.14. The summed E-state index contributed by atoms with van der Waals surface area (Å²) in [6, 6.07) is 7.96. The van der Waals surface area contributed by atoms with Gasteiger partial charge in [0.25, 0.3) is 0 Å². The molecule has 2 aromatic rings. The molecule has 0 fully saturated rings. The molecule has 3 heteroatoms. The standard InChI is InChI=1S/C14H14O3.C2H6/c1-8-6-13(16)9(2)5-12(8)11-4-3-10(15)7-14(11)17;1-2/h3-7,15-17H,1-2H3;1-2H3. The molecule has 0 saturated heterocycles. The quantitative estimate of drug-likeness (QED) is 0.723. The Morgan fingerprint density at radius 2 is 1.32 bits per heavy atom. The van der Waals surface area contributed by atoms with Crippen LogP contribution in [0.5, 0.6) is 17.2 Å². The monoisotopic (exact) mass is 260 g/mol. The first-order valence-electron chi connectivity index (χ1n) is 6.31. The first-order valence-corrected chi connectivity index (χ1v) is 6.31. The molecule has 3 N–H and O–H groups in total. The lowest BCUT2D eigenvalue weighted by Gasteiger charge is -2.11. The predicted molar refractivity (Wildman–Crippen MR) is 77.7 cm³/mol. The predicted octanol–water partition coefficient (Wildman–Crippen LogP) is 4.11. The molecule has 0 aliphatic carbocycles. The molecular formula is C16H20O3. The normalized spacial score (nSPS) is 9.68. The molecule has 0 heterocycles. The summed E-state index contributed by atoms with van der Waals surface area (Å²) in [5.74, 6) is 0.294. The zero-order chi connectivity index (χ0) is 14.6. The summed E-state index contributed by atoms with van der Waals surface area (Å²) < 4.78 is 0. The van der Waals surface area contributed by atoms with Crippen LogP contribution in [0.4, 0.5) is 0 Å². The van der Waals surface area contributed by atoms with Crippen LogP contribution in [0.3, 0.4) is 0 Å². The van der Waals surface area contributed by atoms with Crippen molar-refractivity contribution in [3.8, 4) is 28.4 Å².